The zero-order valence-electron chi connectivity index (χ0n) is 15.5. The third-order valence-electron chi connectivity index (χ3n) is 5.66. The van der Waals surface area contributed by atoms with Crippen molar-refractivity contribution in [2.24, 2.45) is 0 Å². The van der Waals surface area contributed by atoms with Gasteiger partial charge in [0.1, 0.15) is 0 Å². The minimum absolute atomic E-state index is 0.000678. The minimum atomic E-state index is -0.000678. The highest BCUT2D eigenvalue weighted by molar-refractivity contribution is 6.22. The van der Waals surface area contributed by atoms with Crippen LogP contribution < -0.4 is 4.90 Å². The van der Waals surface area contributed by atoms with E-state index in [9.17, 15) is 9.59 Å². The standard InChI is InChI=1S/C24H20N2O2/c27-23-21-9-5-4-8-19(21)20-11-10-17(16-22(20)23)24(28)26-14-12-25(13-15-26)18-6-2-1-3-7-18/h1-11,16H,12-15H2. The van der Waals surface area contributed by atoms with E-state index >= 15 is 0 Å². The molecule has 4 heteroatoms. The van der Waals surface area contributed by atoms with E-state index in [1.54, 1.807) is 6.07 Å². The van der Waals surface area contributed by atoms with Gasteiger partial charge in [0, 0.05) is 48.6 Å². The Hall–Kier alpha value is -3.40. The van der Waals surface area contributed by atoms with Crippen LogP contribution in [-0.4, -0.2) is 42.8 Å². The normalized spacial score (nSPS) is 15.4. The SMILES string of the molecule is O=C1c2ccccc2-c2ccc(C(=O)N3CCN(c4ccccc4)CC3)cc21. The molecule has 3 aromatic rings. The summed E-state index contributed by atoms with van der Waals surface area (Å²) in [5.41, 5.74) is 5.01. The largest absolute Gasteiger partial charge is 0.368 e. The first-order valence-electron chi connectivity index (χ1n) is 9.60. The molecule has 0 atom stereocenters. The summed E-state index contributed by atoms with van der Waals surface area (Å²) in [7, 11) is 0. The number of benzene rings is 3. The van der Waals surface area contributed by atoms with Gasteiger partial charge < -0.3 is 9.80 Å². The number of anilines is 1. The number of hydrogen-bond donors (Lipinski definition) is 0. The molecule has 1 aliphatic carbocycles. The minimum Gasteiger partial charge on any atom is -0.368 e. The number of carbonyl (C=O) groups is 2. The number of carbonyl (C=O) groups excluding carboxylic acids is 2. The predicted octanol–water partition coefficient (Wildman–Crippen LogP) is 3.86. The van der Waals surface area contributed by atoms with Crippen molar-refractivity contribution in [2.45, 2.75) is 0 Å². The van der Waals surface area contributed by atoms with Crippen LogP contribution in [-0.2, 0) is 0 Å². The van der Waals surface area contributed by atoms with Crippen LogP contribution in [0.1, 0.15) is 26.3 Å². The van der Waals surface area contributed by atoms with Crippen molar-refractivity contribution in [3.05, 3.63) is 89.5 Å². The summed E-state index contributed by atoms with van der Waals surface area (Å²) in [5, 5.41) is 0. The molecular weight excluding hydrogens is 348 g/mol. The molecule has 5 rings (SSSR count). The molecule has 4 nitrogen and oxygen atoms in total. The Morgan fingerprint density at radius 1 is 0.679 bits per heavy atom. The predicted molar refractivity (Wildman–Crippen MR) is 110 cm³/mol. The van der Waals surface area contributed by atoms with Crippen LogP contribution in [0.5, 0.6) is 0 Å². The second-order valence-electron chi connectivity index (χ2n) is 7.25. The number of ketones is 1. The Morgan fingerprint density at radius 3 is 2.07 bits per heavy atom. The van der Waals surface area contributed by atoms with Crippen LogP contribution >= 0.6 is 0 Å². The van der Waals surface area contributed by atoms with Gasteiger partial charge in [0.25, 0.3) is 5.91 Å². The maximum atomic E-state index is 13.0. The monoisotopic (exact) mass is 368 g/mol. The Labute approximate surface area is 164 Å². The Bertz CT molecular complexity index is 1070. The summed E-state index contributed by atoms with van der Waals surface area (Å²) in [6.45, 7) is 2.98. The first kappa shape index (κ1) is 16.8. The van der Waals surface area contributed by atoms with Gasteiger partial charge in [-0.15, -0.1) is 0 Å². The average Bonchev–Trinajstić information content (AvgIpc) is 3.06. The fourth-order valence-corrected chi connectivity index (χ4v) is 4.15. The fraction of sp³-hybridized carbons (Fsp3) is 0.167. The van der Waals surface area contributed by atoms with E-state index in [4.69, 9.17) is 0 Å². The van der Waals surface area contributed by atoms with Crippen molar-refractivity contribution in [1.82, 2.24) is 4.90 Å². The molecule has 0 aromatic heterocycles. The summed E-state index contributed by atoms with van der Waals surface area (Å²) in [4.78, 5) is 29.9. The van der Waals surface area contributed by atoms with E-state index in [0.29, 0.717) is 24.2 Å². The third kappa shape index (κ3) is 2.69. The molecule has 0 N–H and O–H groups in total. The second kappa shape index (κ2) is 6.64. The highest BCUT2D eigenvalue weighted by Gasteiger charge is 2.28. The number of piperazine rings is 1. The van der Waals surface area contributed by atoms with E-state index in [0.717, 1.165) is 29.8 Å². The van der Waals surface area contributed by atoms with Crippen molar-refractivity contribution in [3.63, 3.8) is 0 Å². The lowest BCUT2D eigenvalue weighted by molar-refractivity contribution is 0.0747. The van der Waals surface area contributed by atoms with Gasteiger partial charge in [0.05, 0.1) is 0 Å². The molecule has 0 bridgehead atoms. The molecule has 0 radical (unpaired) electrons. The molecule has 138 valence electrons. The first-order chi connectivity index (χ1) is 13.7. The average molecular weight is 368 g/mol. The summed E-state index contributed by atoms with van der Waals surface area (Å²) in [5.74, 6) is 0.00779. The second-order valence-corrected chi connectivity index (χ2v) is 7.25. The summed E-state index contributed by atoms with van der Waals surface area (Å²) in [6, 6.07) is 23.4. The molecule has 0 spiro atoms. The van der Waals surface area contributed by atoms with E-state index in [-0.39, 0.29) is 11.7 Å². The Balaban J connectivity index is 1.34. The lowest BCUT2D eigenvalue weighted by Gasteiger charge is -2.36. The molecule has 0 saturated carbocycles. The molecule has 1 fully saturated rings. The van der Waals surface area contributed by atoms with Crippen molar-refractivity contribution in [3.8, 4) is 11.1 Å². The topological polar surface area (TPSA) is 40.6 Å². The summed E-state index contributed by atoms with van der Waals surface area (Å²) >= 11 is 0. The molecule has 2 aliphatic rings. The molecule has 1 saturated heterocycles. The van der Waals surface area contributed by atoms with E-state index < -0.39 is 0 Å². The first-order valence-corrected chi connectivity index (χ1v) is 9.60. The molecule has 28 heavy (non-hydrogen) atoms. The van der Waals surface area contributed by atoms with Crippen molar-refractivity contribution < 1.29 is 9.59 Å². The molecule has 3 aromatic carbocycles. The van der Waals surface area contributed by atoms with Crippen LogP contribution in [0, 0.1) is 0 Å². The van der Waals surface area contributed by atoms with E-state index in [1.807, 2.05) is 59.5 Å². The van der Waals surface area contributed by atoms with Crippen molar-refractivity contribution in [1.29, 1.82) is 0 Å². The van der Waals surface area contributed by atoms with Gasteiger partial charge in [0.15, 0.2) is 5.78 Å². The van der Waals surface area contributed by atoms with Crippen LogP contribution in [0.3, 0.4) is 0 Å². The third-order valence-corrected chi connectivity index (χ3v) is 5.66. The number of nitrogens with zero attached hydrogens (tertiary/aromatic N) is 2. The van der Waals surface area contributed by atoms with Gasteiger partial charge in [-0.25, -0.2) is 0 Å². The fourth-order valence-electron chi connectivity index (χ4n) is 4.15. The number of hydrogen-bond acceptors (Lipinski definition) is 3. The summed E-state index contributed by atoms with van der Waals surface area (Å²) in [6.07, 6.45) is 0. The Kier molecular flexibility index (Phi) is 3.97. The highest BCUT2D eigenvalue weighted by Crippen LogP contribution is 2.36. The lowest BCUT2D eigenvalue weighted by Crippen LogP contribution is -2.48. The van der Waals surface area contributed by atoms with Crippen LogP contribution in [0.4, 0.5) is 5.69 Å². The van der Waals surface area contributed by atoms with Crippen LogP contribution in [0.2, 0.25) is 0 Å². The molecule has 1 heterocycles. The molecule has 0 unspecified atom stereocenters. The number of para-hydroxylation sites is 1. The maximum absolute atomic E-state index is 13.0. The number of fused-ring (bicyclic) bond motifs is 3. The molecule has 1 amide bonds. The summed E-state index contributed by atoms with van der Waals surface area (Å²) < 4.78 is 0. The van der Waals surface area contributed by atoms with E-state index in [1.165, 1.54) is 5.69 Å². The van der Waals surface area contributed by atoms with Crippen molar-refractivity contribution in [2.75, 3.05) is 31.1 Å². The van der Waals surface area contributed by atoms with Gasteiger partial charge >= 0.3 is 0 Å². The smallest absolute Gasteiger partial charge is 0.253 e. The van der Waals surface area contributed by atoms with E-state index in [2.05, 4.69) is 17.0 Å². The van der Waals surface area contributed by atoms with Gasteiger partial charge in [-0.2, -0.15) is 0 Å². The molecule has 1 aliphatic heterocycles. The van der Waals surface area contributed by atoms with Gasteiger partial charge in [0.2, 0.25) is 0 Å². The van der Waals surface area contributed by atoms with Gasteiger partial charge in [-0.05, 0) is 35.4 Å². The highest BCUT2D eigenvalue weighted by atomic mass is 16.2. The lowest BCUT2D eigenvalue weighted by atomic mass is 10.0. The number of amides is 1. The van der Waals surface area contributed by atoms with Gasteiger partial charge in [-0.1, -0.05) is 48.5 Å². The van der Waals surface area contributed by atoms with Gasteiger partial charge in [-0.3, -0.25) is 9.59 Å². The zero-order valence-corrected chi connectivity index (χ0v) is 15.5. The zero-order chi connectivity index (χ0) is 19.1. The molecular formula is C24H20N2O2. The van der Waals surface area contributed by atoms with Crippen molar-refractivity contribution >= 4 is 17.4 Å². The maximum Gasteiger partial charge on any atom is 0.253 e. The quantitative estimate of drug-likeness (QED) is 0.539. The van der Waals surface area contributed by atoms with Crippen LogP contribution in [0.25, 0.3) is 11.1 Å². The Morgan fingerprint density at radius 2 is 1.32 bits per heavy atom. The van der Waals surface area contributed by atoms with Crippen LogP contribution in [0.15, 0.2) is 72.8 Å². The number of rotatable bonds is 2.